The molecule has 1 aromatic carbocycles. The Morgan fingerprint density at radius 3 is 2.79 bits per heavy atom. The van der Waals surface area contributed by atoms with Crippen molar-refractivity contribution in [3.05, 3.63) is 30.1 Å². The smallest absolute Gasteiger partial charge is 0.263 e. The Labute approximate surface area is 112 Å². The largest absolute Gasteiger partial charge is 0.481 e. The second-order valence-electron chi connectivity index (χ2n) is 4.64. The maximum atomic E-state index is 12.8. The summed E-state index contributed by atoms with van der Waals surface area (Å²) in [7, 11) is 0. The fourth-order valence-electron chi connectivity index (χ4n) is 2.09. The average molecular weight is 266 g/mol. The van der Waals surface area contributed by atoms with Crippen LogP contribution in [0.3, 0.4) is 0 Å². The first-order valence-corrected chi connectivity index (χ1v) is 6.58. The molecule has 1 aliphatic heterocycles. The van der Waals surface area contributed by atoms with E-state index in [0.29, 0.717) is 12.3 Å². The van der Waals surface area contributed by atoms with Crippen LogP contribution in [-0.2, 0) is 4.79 Å². The Hall–Kier alpha value is -1.62. The summed E-state index contributed by atoms with van der Waals surface area (Å²) in [5.74, 6) is 0.174. The zero-order chi connectivity index (χ0) is 13.7. The number of nitrogens with zero attached hydrogens (tertiary/aromatic N) is 1. The second-order valence-corrected chi connectivity index (χ2v) is 4.64. The average Bonchev–Trinajstić information content (AvgIpc) is 2.69. The van der Waals surface area contributed by atoms with Gasteiger partial charge in [-0.3, -0.25) is 4.79 Å². The first-order valence-electron chi connectivity index (χ1n) is 6.58. The van der Waals surface area contributed by atoms with Crippen molar-refractivity contribution in [3.63, 3.8) is 0 Å². The highest BCUT2D eigenvalue weighted by atomic mass is 19.1. The van der Waals surface area contributed by atoms with Crippen LogP contribution in [0.4, 0.5) is 4.39 Å². The zero-order valence-corrected chi connectivity index (χ0v) is 11.1. The lowest BCUT2D eigenvalue weighted by Gasteiger charge is -2.24. The number of hydrogen-bond acceptors (Lipinski definition) is 3. The predicted octanol–water partition coefficient (Wildman–Crippen LogP) is 1.41. The number of rotatable bonds is 3. The monoisotopic (exact) mass is 266 g/mol. The molecule has 4 nitrogen and oxygen atoms in total. The lowest BCUT2D eigenvalue weighted by Crippen LogP contribution is -2.42. The van der Waals surface area contributed by atoms with E-state index in [1.165, 1.54) is 24.3 Å². The van der Waals surface area contributed by atoms with Gasteiger partial charge in [-0.25, -0.2) is 4.39 Å². The molecule has 1 N–H and O–H groups in total. The summed E-state index contributed by atoms with van der Waals surface area (Å²) in [4.78, 5) is 14.0. The van der Waals surface area contributed by atoms with Gasteiger partial charge in [0.1, 0.15) is 11.6 Å². The molecule has 0 spiro atoms. The molecule has 0 bridgehead atoms. The topological polar surface area (TPSA) is 41.6 Å². The molecule has 5 heteroatoms. The molecule has 1 aliphatic rings. The molecular weight excluding hydrogens is 247 g/mol. The minimum atomic E-state index is -0.552. The normalized spacial score (nSPS) is 17.7. The Morgan fingerprint density at radius 1 is 1.32 bits per heavy atom. The van der Waals surface area contributed by atoms with Gasteiger partial charge in [0.05, 0.1) is 0 Å². The third kappa shape index (κ3) is 3.92. The van der Waals surface area contributed by atoms with E-state index in [9.17, 15) is 9.18 Å². The summed E-state index contributed by atoms with van der Waals surface area (Å²) in [6, 6.07) is 5.71. The number of carbonyl (C=O) groups is 1. The first-order chi connectivity index (χ1) is 9.16. The van der Waals surface area contributed by atoms with Crippen molar-refractivity contribution >= 4 is 5.91 Å². The van der Waals surface area contributed by atoms with Crippen LogP contribution in [0.25, 0.3) is 0 Å². The third-order valence-corrected chi connectivity index (χ3v) is 3.13. The summed E-state index contributed by atoms with van der Waals surface area (Å²) in [5, 5.41) is 3.25. The molecule has 0 radical (unpaired) electrons. The van der Waals surface area contributed by atoms with Gasteiger partial charge in [0.2, 0.25) is 0 Å². The second kappa shape index (κ2) is 6.52. The van der Waals surface area contributed by atoms with Crippen LogP contribution in [0.5, 0.6) is 5.75 Å². The molecule has 1 fully saturated rings. The molecule has 104 valence electrons. The van der Waals surface area contributed by atoms with Gasteiger partial charge in [-0.05, 0) is 44.2 Å². The van der Waals surface area contributed by atoms with Gasteiger partial charge < -0.3 is 15.0 Å². The van der Waals surface area contributed by atoms with Crippen molar-refractivity contribution in [1.29, 1.82) is 0 Å². The number of benzene rings is 1. The van der Waals surface area contributed by atoms with E-state index < -0.39 is 6.10 Å². The fourth-order valence-corrected chi connectivity index (χ4v) is 2.09. The lowest BCUT2D eigenvalue weighted by molar-refractivity contribution is -0.137. The van der Waals surface area contributed by atoms with E-state index in [-0.39, 0.29) is 11.7 Å². The maximum Gasteiger partial charge on any atom is 0.263 e. The number of hydrogen-bond donors (Lipinski definition) is 1. The van der Waals surface area contributed by atoms with E-state index in [1.807, 2.05) is 4.90 Å². The highest BCUT2D eigenvalue weighted by molar-refractivity contribution is 5.80. The van der Waals surface area contributed by atoms with Crippen molar-refractivity contribution in [3.8, 4) is 5.75 Å². The van der Waals surface area contributed by atoms with Crippen LogP contribution < -0.4 is 10.1 Å². The van der Waals surface area contributed by atoms with Crippen LogP contribution in [0, 0.1) is 5.82 Å². The molecule has 19 heavy (non-hydrogen) atoms. The Bertz CT molecular complexity index is 414. The molecular formula is C14H19FN2O2. The van der Waals surface area contributed by atoms with Gasteiger partial charge in [-0.15, -0.1) is 0 Å². The molecule has 1 saturated heterocycles. The van der Waals surface area contributed by atoms with Gasteiger partial charge in [-0.2, -0.15) is 0 Å². The molecule has 2 rings (SSSR count). The van der Waals surface area contributed by atoms with Gasteiger partial charge in [0, 0.05) is 19.6 Å². The Kier molecular flexibility index (Phi) is 4.74. The summed E-state index contributed by atoms with van der Waals surface area (Å²) >= 11 is 0. The third-order valence-electron chi connectivity index (χ3n) is 3.13. The fraction of sp³-hybridized carbons (Fsp3) is 0.500. The van der Waals surface area contributed by atoms with Crippen LogP contribution >= 0.6 is 0 Å². The highest BCUT2D eigenvalue weighted by Gasteiger charge is 2.22. The number of carbonyl (C=O) groups excluding carboxylic acids is 1. The first kappa shape index (κ1) is 13.8. The van der Waals surface area contributed by atoms with Crippen LogP contribution in [-0.4, -0.2) is 43.1 Å². The molecule has 0 aromatic heterocycles. The summed E-state index contributed by atoms with van der Waals surface area (Å²) in [6.07, 6.45) is 0.401. The van der Waals surface area contributed by atoms with E-state index >= 15 is 0 Å². The number of amides is 1. The predicted molar refractivity (Wildman–Crippen MR) is 70.6 cm³/mol. The van der Waals surface area contributed by atoms with Crippen LogP contribution in [0.2, 0.25) is 0 Å². The summed E-state index contributed by atoms with van der Waals surface area (Å²) in [5.41, 5.74) is 0. The van der Waals surface area contributed by atoms with E-state index in [4.69, 9.17) is 4.74 Å². The van der Waals surface area contributed by atoms with Gasteiger partial charge >= 0.3 is 0 Å². The Balaban J connectivity index is 1.92. The van der Waals surface area contributed by atoms with Crippen molar-refractivity contribution in [2.24, 2.45) is 0 Å². The number of halogens is 1. The van der Waals surface area contributed by atoms with Crippen LogP contribution in [0.15, 0.2) is 24.3 Å². The van der Waals surface area contributed by atoms with E-state index in [1.54, 1.807) is 6.92 Å². The van der Waals surface area contributed by atoms with Crippen molar-refractivity contribution in [2.75, 3.05) is 26.2 Å². The molecule has 0 saturated carbocycles. The van der Waals surface area contributed by atoms with Crippen molar-refractivity contribution < 1.29 is 13.9 Å². The number of ether oxygens (including phenoxy) is 1. The molecule has 1 unspecified atom stereocenters. The van der Waals surface area contributed by atoms with E-state index in [2.05, 4.69) is 5.32 Å². The van der Waals surface area contributed by atoms with E-state index in [0.717, 1.165) is 26.1 Å². The quantitative estimate of drug-likeness (QED) is 0.899. The lowest BCUT2D eigenvalue weighted by atomic mass is 10.3. The zero-order valence-electron chi connectivity index (χ0n) is 11.1. The Morgan fingerprint density at radius 2 is 2.05 bits per heavy atom. The molecule has 1 atom stereocenters. The van der Waals surface area contributed by atoms with Gasteiger partial charge in [0.15, 0.2) is 6.10 Å². The number of nitrogens with one attached hydrogen (secondary N) is 1. The van der Waals surface area contributed by atoms with Gasteiger partial charge in [-0.1, -0.05) is 0 Å². The summed E-state index contributed by atoms with van der Waals surface area (Å²) < 4.78 is 18.3. The molecule has 0 aliphatic carbocycles. The van der Waals surface area contributed by atoms with Crippen molar-refractivity contribution in [1.82, 2.24) is 10.2 Å². The van der Waals surface area contributed by atoms with Crippen LogP contribution in [0.1, 0.15) is 13.3 Å². The molecule has 1 aromatic rings. The summed E-state index contributed by atoms with van der Waals surface area (Å²) in [6.45, 7) is 4.94. The minimum Gasteiger partial charge on any atom is -0.481 e. The minimum absolute atomic E-state index is 0.0203. The van der Waals surface area contributed by atoms with Gasteiger partial charge in [0.25, 0.3) is 5.91 Å². The standard InChI is InChI=1S/C14H19FN2O2/c1-11(19-13-5-3-12(15)4-6-13)14(18)17-9-2-7-16-8-10-17/h3-6,11,16H,2,7-10H2,1H3. The molecule has 1 heterocycles. The maximum absolute atomic E-state index is 12.8. The van der Waals surface area contributed by atoms with Crippen molar-refractivity contribution in [2.45, 2.75) is 19.4 Å². The SMILES string of the molecule is CC(Oc1ccc(F)cc1)C(=O)N1CCCNCC1. The molecule has 1 amide bonds. The highest BCUT2D eigenvalue weighted by Crippen LogP contribution is 2.14.